The number of rotatable bonds is 5. The van der Waals surface area contributed by atoms with Gasteiger partial charge in [0, 0.05) is 12.5 Å². The SMILES string of the molecule is COC(=O)c1ccc2c(c1)[C@H](NC(=O)c1ccc(OC(C)(F)F)cc1C)CC2. The number of esters is 1. The van der Waals surface area contributed by atoms with Crippen LogP contribution in [-0.4, -0.2) is 25.1 Å². The van der Waals surface area contributed by atoms with E-state index >= 15 is 0 Å². The first-order chi connectivity index (χ1) is 13.2. The van der Waals surface area contributed by atoms with Gasteiger partial charge in [0.15, 0.2) is 0 Å². The van der Waals surface area contributed by atoms with Gasteiger partial charge >= 0.3 is 12.1 Å². The fourth-order valence-corrected chi connectivity index (χ4v) is 3.39. The van der Waals surface area contributed by atoms with Gasteiger partial charge in [0.05, 0.1) is 18.7 Å². The van der Waals surface area contributed by atoms with Crippen molar-refractivity contribution in [2.75, 3.05) is 7.11 Å². The maximum absolute atomic E-state index is 13.0. The first kappa shape index (κ1) is 19.8. The lowest BCUT2D eigenvalue weighted by Gasteiger charge is -2.17. The Morgan fingerprint density at radius 3 is 2.57 bits per heavy atom. The molecule has 0 saturated heterocycles. The first-order valence-corrected chi connectivity index (χ1v) is 8.87. The summed E-state index contributed by atoms with van der Waals surface area (Å²) in [5.74, 6) is -0.747. The van der Waals surface area contributed by atoms with Crippen molar-refractivity contribution in [2.45, 2.75) is 38.8 Å². The number of nitrogens with one attached hydrogen (secondary N) is 1. The maximum atomic E-state index is 13.0. The number of benzene rings is 2. The van der Waals surface area contributed by atoms with Crippen molar-refractivity contribution in [2.24, 2.45) is 0 Å². The topological polar surface area (TPSA) is 64.6 Å². The van der Waals surface area contributed by atoms with E-state index in [2.05, 4.69) is 10.1 Å². The van der Waals surface area contributed by atoms with E-state index in [0.29, 0.717) is 30.0 Å². The second-order valence-electron chi connectivity index (χ2n) is 6.86. The van der Waals surface area contributed by atoms with Gasteiger partial charge in [0.1, 0.15) is 5.75 Å². The number of alkyl halides is 2. The summed E-state index contributed by atoms with van der Waals surface area (Å²) < 4.78 is 35.3. The lowest BCUT2D eigenvalue weighted by molar-refractivity contribution is -0.158. The highest BCUT2D eigenvalue weighted by atomic mass is 19.3. The summed E-state index contributed by atoms with van der Waals surface area (Å²) in [6.07, 6.45) is -1.78. The number of carbonyl (C=O) groups excluding carboxylic acids is 2. The van der Waals surface area contributed by atoms with Crippen LogP contribution in [0.2, 0.25) is 0 Å². The molecular formula is C21H21F2NO4. The van der Waals surface area contributed by atoms with Crippen LogP contribution in [-0.2, 0) is 11.2 Å². The summed E-state index contributed by atoms with van der Waals surface area (Å²) in [7, 11) is 1.32. The number of methoxy groups -OCH3 is 1. The first-order valence-electron chi connectivity index (χ1n) is 8.87. The molecule has 1 atom stereocenters. The number of ether oxygens (including phenoxy) is 2. The molecule has 1 amide bonds. The molecule has 3 rings (SSSR count). The van der Waals surface area contributed by atoms with Crippen LogP contribution < -0.4 is 10.1 Å². The van der Waals surface area contributed by atoms with E-state index in [1.165, 1.54) is 25.3 Å². The molecule has 0 fully saturated rings. The van der Waals surface area contributed by atoms with Gasteiger partial charge in [-0.3, -0.25) is 4.79 Å². The van der Waals surface area contributed by atoms with Crippen LogP contribution in [0.25, 0.3) is 0 Å². The summed E-state index contributed by atoms with van der Waals surface area (Å²) in [5.41, 5.74) is 3.30. The molecule has 5 nitrogen and oxygen atoms in total. The lowest BCUT2D eigenvalue weighted by Crippen LogP contribution is -2.28. The molecule has 0 heterocycles. The number of halogens is 2. The van der Waals surface area contributed by atoms with Gasteiger partial charge in [-0.1, -0.05) is 6.07 Å². The van der Waals surface area contributed by atoms with E-state index in [0.717, 1.165) is 17.5 Å². The van der Waals surface area contributed by atoms with E-state index in [4.69, 9.17) is 4.74 Å². The number of hydrogen-bond acceptors (Lipinski definition) is 4. The van der Waals surface area contributed by atoms with Crippen LogP contribution in [0.15, 0.2) is 36.4 Å². The van der Waals surface area contributed by atoms with Gasteiger partial charge in [0.2, 0.25) is 0 Å². The molecule has 7 heteroatoms. The van der Waals surface area contributed by atoms with Crippen LogP contribution >= 0.6 is 0 Å². The molecule has 1 aliphatic rings. The van der Waals surface area contributed by atoms with Gasteiger partial charge in [-0.2, -0.15) is 8.78 Å². The molecule has 2 aromatic carbocycles. The fraction of sp³-hybridized carbons (Fsp3) is 0.333. The van der Waals surface area contributed by atoms with Gasteiger partial charge < -0.3 is 14.8 Å². The van der Waals surface area contributed by atoms with Crippen molar-refractivity contribution in [3.05, 3.63) is 64.2 Å². The van der Waals surface area contributed by atoms with Crippen molar-refractivity contribution in [1.29, 1.82) is 0 Å². The van der Waals surface area contributed by atoms with Gasteiger partial charge in [0.25, 0.3) is 5.91 Å². The molecule has 0 unspecified atom stereocenters. The minimum atomic E-state index is -3.29. The molecule has 148 valence electrons. The maximum Gasteiger partial charge on any atom is 0.394 e. The lowest BCUT2D eigenvalue weighted by atomic mass is 10.0. The zero-order chi connectivity index (χ0) is 20.5. The molecule has 0 saturated carbocycles. The monoisotopic (exact) mass is 389 g/mol. The number of hydrogen-bond donors (Lipinski definition) is 1. The van der Waals surface area contributed by atoms with E-state index in [9.17, 15) is 18.4 Å². The average Bonchev–Trinajstić information content (AvgIpc) is 3.01. The second-order valence-corrected chi connectivity index (χ2v) is 6.86. The number of fused-ring (bicyclic) bond motifs is 1. The Bertz CT molecular complexity index is 921. The van der Waals surface area contributed by atoms with E-state index < -0.39 is 12.1 Å². The molecule has 0 aliphatic heterocycles. The molecule has 1 aliphatic carbocycles. The number of aryl methyl sites for hydroxylation is 2. The molecule has 2 aromatic rings. The average molecular weight is 389 g/mol. The van der Waals surface area contributed by atoms with E-state index in [1.54, 1.807) is 19.1 Å². The summed E-state index contributed by atoms with van der Waals surface area (Å²) in [6.45, 7) is 2.32. The van der Waals surface area contributed by atoms with Crippen molar-refractivity contribution in [1.82, 2.24) is 5.32 Å². The van der Waals surface area contributed by atoms with Gasteiger partial charge in [-0.05, 0) is 66.8 Å². The second kappa shape index (κ2) is 7.58. The number of amides is 1. The van der Waals surface area contributed by atoms with Crippen molar-refractivity contribution in [3.63, 3.8) is 0 Å². The normalized spacial score (nSPS) is 15.7. The highest BCUT2D eigenvalue weighted by molar-refractivity contribution is 5.96. The Morgan fingerprint density at radius 1 is 1.18 bits per heavy atom. The molecule has 0 bridgehead atoms. The van der Waals surface area contributed by atoms with Crippen molar-refractivity contribution in [3.8, 4) is 5.75 Å². The van der Waals surface area contributed by atoms with Crippen LogP contribution in [0.4, 0.5) is 8.78 Å². The Morgan fingerprint density at radius 2 is 1.93 bits per heavy atom. The highest BCUT2D eigenvalue weighted by Gasteiger charge is 2.27. The van der Waals surface area contributed by atoms with Crippen LogP contribution in [0.3, 0.4) is 0 Å². The quantitative estimate of drug-likeness (QED) is 0.779. The van der Waals surface area contributed by atoms with Crippen LogP contribution in [0, 0.1) is 6.92 Å². The van der Waals surface area contributed by atoms with Gasteiger partial charge in [-0.25, -0.2) is 4.79 Å². The van der Waals surface area contributed by atoms with Gasteiger partial charge in [-0.15, -0.1) is 0 Å². The minimum Gasteiger partial charge on any atom is -0.465 e. The molecule has 0 aromatic heterocycles. The Kier molecular flexibility index (Phi) is 5.36. The number of carbonyl (C=O) groups is 2. The van der Waals surface area contributed by atoms with E-state index in [1.807, 2.05) is 6.07 Å². The Labute approximate surface area is 161 Å². The third-order valence-electron chi connectivity index (χ3n) is 4.69. The van der Waals surface area contributed by atoms with Crippen LogP contribution in [0.5, 0.6) is 5.75 Å². The molecular weight excluding hydrogens is 368 g/mol. The van der Waals surface area contributed by atoms with Crippen molar-refractivity contribution < 1.29 is 27.8 Å². The fourth-order valence-electron chi connectivity index (χ4n) is 3.39. The Hall–Kier alpha value is -2.96. The zero-order valence-electron chi connectivity index (χ0n) is 15.8. The summed E-state index contributed by atoms with van der Waals surface area (Å²) in [6, 6.07) is 9.31. The zero-order valence-corrected chi connectivity index (χ0v) is 15.8. The minimum absolute atomic E-state index is 0.00418. The molecule has 28 heavy (non-hydrogen) atoms. The largest absolute Gasteiger partial charge is 0.465 e. The van der Waals surface area contributed by atoms with Crippen LogP contribution in [0.1, 0.15) is 56.8 Å². The molecule has 1 N–H and O–H groups in total. The third-order valence-corrected chi connectivity index (χ3v) is 4.69. The van der Waals surface area contributed by atoms with E-state index in [-0.39, 0.29) is 17.7 Å². The predicted octanol–water partition coefficient (Wildman–Crippen LogP) is 4.19. The molecule has 0 spiro atoms. The standard InChI is InChI=1S/C21H21F2NO4/c1-12-10-15(28-21(2,22)23)7-8-16(12)19(25)24-18-9-6-13-4-5-14(11-17(13)18)20(26)27-3/h4-5,7-8,10-11,18H,6,9H2,1-3H3,(H,24,25)/t18-/m1/s1. The Balaban J connectivity index is 1.77. The molecule has 0 radical (unpaired) electrons. The highest BCUT2D eigenvalue weighted by Crippen LogP contribution is 2.32. The summed E-state index contributed by atoms with van der Waals surface area (Å²) >= 11 is 0. The predicted molar refractivity (Wildman–Crippen MR) is 98.7 cm³/mol. The van der Waals surface area contributed by atoms with Crippen molar-refractivity contribution >= 4 is 11.9 Å². The summed E-state index contributed by atoms with van der Waals surface area (Å²) in [4.78, 5) is 24.5. The summed E-state index contributed by atoms with van der Waals surface area (Å²) in [5, 5.41) is 2.96. The third kappa shape index (κ3) is 4.30. The smallest absolute Gasteiger partial charge is 0.394 e.